The molecule has 6 nitrogen and oxygen atoms in total. The third-order valence-electron chi connectivity index (χ3n) is 3.76. The van der Waals surface area contributed by atoms with E-state index >= 15 is 0 Å². The first-order valence-electron chi connectivity index (χ1n) is 6.79. The summed E-state index contributed by atoms with van der Waals surface area (Å²) in [6.45, 7) is 4.62. The van der Waals surface area contributed by atoms with E-state index in [9.17, 15) is 4.79 Å². The summed E-state index contributed by atoms with van der Waals surface area (Å²) >= 11 is 2.20. The Bertz CT molecular complexity index is 542. The molecule has 0 spiro atoms. The van der Waals surface area contributed by atoms with E-state index in [1.165, 1.54) is 0 Å². The summed E-state index contributed by atoms with van der Waals surface area (Å²) in [5.74, 6) is 0.261. The highest BCUT2D eigenvalue weighted by molar-refractivity contribution is 14.1. The smallest absolute Gasteiger partial charge is 0.253 e. The van der Waals surface area contributed by atoms with Gasteiger partial charge in [-0.3, -0.25) is 9.69 Å². The van der Waals surface area contributed by atoms with Crippen molar-refractivity contribution in [3.8, 4) is 0 Å². The second-order valence-corrected chi connectivity index (χ2v) is 6.28. The number of carbonyl (C=O) groups is 1. The van der Waals surface area contributed by atoms with Crippen molar-refractivity contribution in [1.29, 1.82) is 0 Å². The third-order valence-corrected chi connectivity index (χ3v) is 4.44. The van der Waals surface area contributed by atoms with Crippen LogP contribution in [0.1, 0.15) is 17.3 Å². The predicted molar refractivity (Wildman–Crippen MR) is 89.5 cm³/mol. The molecule has 21 heavy (non-hydrogen) atoms. The van der Waals surface area contributed by atoms with E-state index in [0.717, 1.165) is 9.13 Å². The maximum absolute atomic E-state index is 12.4. The molecule has 7 heteroatoms. The number of halogens is 1. The van der Waals surface area contributed by atoms with Crippen LogP contribution in [0.5, 0.6) is 0 Å². The topological polar surface area (TPSA) is 82.2 Å². The summed E-state index contributed by atoms with van der Waals surface area (Å²) in [4.78, 5) is 16.4. The molecule has 0 bridgehead atoms. The molecule has 1 atom stereocenters. The number of amidine groups is 1. The molecule has 1 aliphatic rings. The van der Waals surface area contributed by atoms with Crippen molar-refractivity contribution >= 4 is 34.3 Å². The zero-order chi connectivity index (χ0) is 15.4. The highest BCUT2D eigenvalue weighted by Crippen LogP contribution is 2.13. The SMILES string of the molecule is CC(C(N)=NO)N1CCN(C(=O)c2cccc(I)c2)CC1. The van der Waals surface area contributed by atoms with Crippen LogP contribution in [0.25, 0.3) is 0 Å². The van der Waals surface area contributed by atoms with E-state index in [-0.39, 0.29) is 17.8 Å². The monoisotopic (exact) mass is 402 g/mol. The Kier molecular flexibility index (Phi) is 5.40. The average molecular weight is 402 g/mol. The maximum Gasteiger partial charge on any atom is 0.253 e. The summed E-state index contributed by atoms with van der Waals surface area (Å²) in [6.07, 6.45) is 0. The summed E-state index contributed by atoms with van der Waals surface area (Å²) in [5.41, 5.74) is 6.35. The zero-order valence-electron chi connectivity index (χ0n) is 11.9. The molecule has 0 aromatic heterocycles. The lowest BCUT2D eigenvalue weighted by Crippen LogP contribution is -2.54. The van der Waals surface area contributed by atoms with Crippen LogP contribution in [0.4, 0.5) is 0 Å². The van der Waals surface area contributed by atoms with Crippen LogP contribution in [0.3, 0.4) is 0 Å². The Hall–Kier alpha value is -1.35. The number of hydrogen-bond acceptors (Lipinski definition) is 4. The molecule has 2 rings (SSSR count). The van der Waals surface area contributed by atoms with Crippen LogP contribution < -0.4 is 5.73 Å². The van der Waals surface area contributed by atoms with Gasteiger partial charge in [0.15, 0.2) is 5.84 Å². The molecule has 0 radical (unpaired) electrons. The average Bonchev–Trinajstić information content (AvgIpc) is 2.53. The van der Waals surface area contributed by atoms with Gasteiger partial charge >= 0.3 is 0 Å². The highest BCUT2D eigenvalue weighted by atomic mass is 127. The highest BCUT2D eigenvalue weighted by Gasteiger charge is 2.26. The van der Waals surface area contributed by atoms with Crippen molar-refractivity contribution < 1.29 is 10.0 Å². The fourth-order valence-corrected chi connectivity index (χ4v) is 2.93. The van der Waals surface area contributed by atoms with Gasteiger partial charge in [0.25, 0.3) is 5.91 Å². The molecule has 1 unspecified atom stereocenters. The van der Waals surface area contributed by atoms with Gasteiger partial charge in [0, 0.05) is 35.3 Å². The standard InChI is InChI=1S/C14H19IN4O2/c1-10(13(16)17-21)18-5-7-19(8-6-18)14(20)11-3-2-4-12(15)9-11/h2-4,9-10,21H,5-8H2,1H3,(H2,16,17). The van der Waals surface area contributed by atoms with Crippen LogP contribution >= 0.6 is 22.6 Å². The summed E-state index contributed by atoms with van der Waals surface area (Å²) in [6, 6.07) is 7.48. The number of carbonyl (C=O) groups excluding carboxylic acids is 1. The number of benzene rings is 1. The Morgan fingerprint density at radius 1 is 1.38 bits per heavy atom. The minimum atomic E-state index is -0.120. The van der Waals surface area contributed by atoms with Gasteiger partial charge in [-0.15, -0.1) is 0 Å². The Balaban J connectivity index is 1.96. The minimum Gasteiger partial charge on any atom is -0.409 e. The van der Waals surface area contributed by atoms with Crippen molar-refractivity contribution in [2.45, 2.75) is 13.0 Å². The Morgan fingerprint density at radius 3 is 2.62 bits per heavy atom. The van der Waals surface area contributed by atoms with E-state index in [4.69, 9.17) is 10.9 Å². The van der Waals surface area contributed by atoms with Gasteiger partial charge < -0.3 is 15.8 Å². The van der Waals surface area contributed by atoms with E-state index < -0.39 is 0 Å². The van der Waals surface area contributed by atoms with Gasteiger partial charge in [0.2, 0.25) is 0 Å². The Morgan fingerprint density at radius 2 is 2.05 bits per heavy atom. The molecule has 1 heterocycles. The lowest BCUT2D eigenvalue weighted by molar-refractivity contribution is 0.0619. The fourth-order valence-electron chi connectivity index (χ4n) is 2.39. The predicted octanol–water partition coefficient (Wildman–Crippen LogP) is 1.18. The van der Waals surface area contributed by atoms with Crippen LogP contribution in [0, 0.1) is 3.57 Å². The molecule has 3 N–H and O–H groups in total. The molecule has 0 saturated carbocycles. The molecular formula is C14H19IN4O2. The number of rotatable bonds is 3. The number of oxime groups is 1. The van der Waals surface area contributed by atoms with Gasteiger partial charge in [-0.25, -0.2) is 0 Å². The zero-order valence-corrected chi connectivity index (χ0v) is 14.0. The van der Waals surface area contributed by atoms with E-state index in [1.54, 1.807) is 0 Å². The lowest BCUT2D eigenvalue weighted by Gasteiger charge is -2.37. The van der Waals surface area contributed by atoms with E-state index in [0.29, 0.717) is 26.2 Å². The van der Waals surface area contributed by atoms with E-state index in [1.807, 2.05) is 36.1 Å². The number of piperazine rings is 1. The summed E-state index contributed by atoms with van der Waals surface area (Å²) in [7, 11) is 0. The minimum absolute atomic E-state index is 0.0598. The van der Waals surface area contributed by atoms with Gasteiger partial charge in [-0.2, -0.15) is 0 Å². The number of nitrogens with two attached hydrogens (primary N) is 1. The van der Waals surface area contributed by atoms with Crippen LogP contribution in [0.2, 0.25) is 0 Å². The van der Waals surface area contributed by atoms with Crippen molar-refractivity contribution in [3.63, 3.8) is 0 Å². The largest absolute Gasteiger partial charge is 0.409 e. The van der Waals surface area contributed by atoms with Gasteiger partial charge in [0.05, 0.1) is 6.04 Å². The van der Waals surface area contributed by atoms with E-state index in [2.05, 4.69) is 32.6 Å². The van der Waals surface area contributed by atoms with Crippen molar-refractivity contribution in [2.75, 3.05) is 26.2 Å². The number of nitrogens with zero attached hydrogens (tertiary/aromatic N) is 3. The van der Waals surface area contributed by atoms with Crippen LogP contribution in [-0.4, -0.2) is 59.0 Å². The number of hydrogen-bond donors (Lipinski definition) is 2. The fraction of sp³-hybridized carbons (Fsp3) is 0.429. The van der Waals surface area contributed by atoms with Gasteiger partial charge in [-0.1, -0.05) is 11.2 Å². The summed E-state index contributed by atoms with van der Waals surface area (Å²) < 4.78 is 1.05. The van der Waals surface area contributed by atoms with Crippen molar-refractivity contribution in [2.24, 2.45) is 10.9 Å². The first-order chi connectivity index (χ1) is 10.0. The first kappa shape index (κ1) is 16.0. The second-order valence-electron chi connectivity index (χ2n) is 5.04. The first-order valence-corrected chi connectivity index (χ1v) is 7.87. The molecular weight excluding hydrogens is 383 g/mol. The summed E-state index contributed by atoms with van der Waals surface area (Å²) in [5, 5.41) is 11.8. The molecule has 114 valence electrons. The molecule has 1 saturated heterocycles. The molecule has 1 aromatic carbocycles. The molecule has 0 aliphatic carbocycles. The molecule has 1 amide bonds. The maximum atomic E-state index is 12.4. The third kappa shape index (κ3) is 3.85. The van der Waals surface area contributed by atoms with Crippen molar-refractivity contribution in [3.05, 3.63) is 33.4 Å². The lowest BCUT2D eigenvalue weighted by atomic mass is 10.1. The van der Waals surface area contributed by atoms with Crippen molar-refractivity contribution in [1.82, 2.24) is 9.80 Å². The van der Waals surface area contributed by atoms with Gasteiger partial charge in [0.1, 0.15) is 0 Å². The number of amides is 1. The van der Waals surface area contributed by atoms with Gasteiger partial charge in [-0.05, 0) is 47.7 Å². The molecule has 1 aliphatic heterocycles. The quantitative estimate of drug-likeness (QED) is 0.262. The molecule has 1 fully saturated rings. The second kappa shape index (κ2) is 7.08. The molecule has 1 aromatic rings. The Labute approximate surface area is 137 Å². The normalized spacial score (nSPS) is 18.6. The van der Waals surface area contributed by atoms with Crippen LogP contribution in [-0.2, 0) is 0 Å². The van der Waals surface area contributed by atoms with Crippen LogP contribution in [0.15, 0.2) is 29.4 Å².